The minimum atomic E-state index is -0.676. The van der Waals surface area contributed by atoms with Crippen LogP contribution in [0.1, 0.15) is 26.3 Å². The van der Waals surface area contributed by atoms with Crippen LogP contribution in [0.2, 0.25) is 0 Å². The minimum Gasteiger partial charge on any atom is -0.336 e. The first-order chi connectivity index (χ1) is 9.54. The Morgan fingerprint density at radius 2 is 1.70 bits per heavy atom. The fourth-order valence-electron chi connectivity index (χ4n) is 1.78. The van der Waals surface area contributed by atoms with Crippen molar-refractivity contribution in [2.75, 3.05) is 5.32 Å². The predicted octanol–water partition coefficient (Wildman–Crippen LogP) is 3.42. The summed E-state index contributed by atoms with van der Waals surface area (Å²) in [6.45, 7) is 5.71. The van der Waals surface area contributed by atoms with Gasteiger partial charge in [-0.3, -0.25) is 0 Å². The molecule has 0 bridgehead atoms. The number of aryl methyl sites for hydroxylation is 1. The molecule has 1 heterocycles. The number of nitrogens with zero attached hydrogens (tertiary/aromatic N) is 3. The molecule has 1 aromatic heterocycles. The SMILES string of the molecule is CCc1ccc(-c2cnc(NC(C)(C)C#N)nc2)cc1. The molecule has 4 heteroatoms. The lowest BCUT2D eigenvalue weighted by molar-refractivity contribution is 0.717. The van der Waals surface area contributed by atoms with Gasteiger partial charge in [-0.25, -0.2) is 9.97 Å². The summed E-state index contributed by atoms with van der Waals surface area (Å²) >= 11 is 0. The topological polar surface area (TPSA) is 61.6 Å². The highest BCUT2D eigenvalue weighted by Crippen LogP contribution is 2.19. The van der Waals surface area contributed by atoms with Crippen LogP contribution in [0.3, 0.4) is 0 Å². The smallest absolute Gasteiger partial charge is 0.223 e. The molecule has 0 aliphatic heterocycles. The molecule has 20 heavy (non-hydrogen) atoms. The summed E-state index contributed by atoms with van der Waals surface area (Å²) in [5.74, 6) is 0.463. The van der Waals surface area contributed by atoms with Crippen molar-refractivity contribution in [2.24, 2.45) is 0 Å². The number of anilines is 1. The Bertz CT molecular complexity index is 606. The van der Waals surface area contributed by atoms with Crippen molar-refractivity contribution in [3.05, 3.63) is 42.2 Å². The van der Waals surface area contributed by atoms with Gasteiger partial charge in [0.05, 0.1) is 6.07 Å². The summed E-state index contributed by atoms with van der Waals surface area (Å²) in [4.78, 5) is 8.51. The number of hydrogen-bond acceptors (Lipinski definition) is 4. The molecular weight excluding hydrogens is 248 g/mol. The van der Waals surface area contributed by atoms with Crippen molar-refractivity contribution in [1.82, 2.24) is 9.97 Å². The van der Waals surface area contributed by atoms with E-state index in [1.165, 1.54) is 5.56 Å². The number of rotatable bonds is 4. The molecule has 0 unspecified atom stereocenters. The Morgan fingerprint density at radius 3 is 2.20 bits per heavy atom. The molecule has 0 saturated heterocycles. The van der Waals surface area contributed by atoms with E-state index in [9.17, 15) is 0 Å². The second-order valence-corrected chi connectivity index (χ2v) is 5.21. The Kier molecular flexibility index (Phi) is 3.99. The van der Waals surface area contributed by atoms with Crippen molar-refractivity contribution >= 4 is 5.95 Å². The maximum absolute atomic E-state index is 8.97. The molecule has 0 atom stereocenters. The molecular formula is C16H18N4. The van der Waals surface area contributed by atoms with E-state index in [4.69, 9.17) is 5.26 Å². The van der Waals surface area contributed by atoms with Crippen molar-refractivity contribution < 1.29 is 0 Å². The van der Waals surface area contributed by atoms with Crippen LogP contribution in [-0.2, 0) is 6.42 Å². The lowest BCUT2D eigenvalue weighted by atomic mass is 10.1. The first-order valence-electron chi connectivity index (χ1n) is 6.65. The number of hydrogen-bond donors (Lipinski definition) is 1. The normalized spacial score (nSPS) is 10.9. The van der Waals surface area contributed by atoms with Gasteiger partial charge in [0.1, 0.15) is 5.54 Å². The molecule has 0 aliphatic rings. The average molecular weight is 266 g/mol. The van der Waals surface area contributed by atoms with Crippen LogP contribution in [0.4, 0.5) is 5.95 Å². The van der Waals surface area contributed by atoms with Crippen LogP contribution in [0.5, 0.6) is 0 Å². The third-order valence-corrected chi connectivity index (χ3v) is 3.05. The first-order valence-corrected chi connectivity index (χ1v) is 6.65. The fourth-order valence-corrected chi connectivity index (χ4v) is 1.78. The minimum absolute atomic E-state index is 0.463. The van der Waals surface area contributed by atoms with Crippen molar-refractivity contribution in [3.8, 4) is 17.2 Å². The van der Waals surface area contributed by atoms with Crippen LogP contribution in [0, 0.1) is 11.3 Å². The van der Waals surface area contributed by atoms with Crippen molar-refractivity contribution in [2.45, 2.75) is 32.7 Å². The van der Waals surface area contributed by atoms with Crippen LogP contribution >= 0.6 is 0 Å². The van der Waals surface area contributed by atoms with Gasteiger partial charge in [0.25, 0.3) is 0 Å². The van der Waals surface area contributed by atoms with E-state index in [1.54, 1.807) is 26.2 Å². The molecule has 0 spiro atoms. The second kappa shape index (κ2) is 5.70. The van der Waals surface area contributed by atoms with Gasteiger partial charge in [0.15, 0.2) is 0 Å². The van der Waals surface area contributed by atoms with E-state index >= 15 is 0 Å². The second-order valence-electron chi connectivity index (χ2n) is 5.21. The van der Waals surface area contributed by atoms with Gasteiger partial charge < -0.3 is 5.32 Å². The van der Waals surface area contributed by atoms with Gasteiger partial charge in [0.2, 0.25) is 5.95 Å². The molecule has 2 aromatic rings. The van der Waals surface area contributed by atoms with Crippen LogP contribution in [0.15, 0.2) is 36.7 Å². The summed E-state index contributed by atoms with van der Waals surface area (Å²) in [5, 5.41) is 12.0. The zero-order valence-electron chi connectivity index (χ0n) is 12.0. The Hall–Kier alpha value is -2.41. The highest BCUT2D eigenvalue weighted by molar-refractivity contribution is 5.62. The number of nitriles is 1. The molecule has 1 aromatic carbocycles. The largest absolute Gasteiger partial charge is 0.336 e. The monoisotopic (exact) mass is 266 g/mol. The predicted molar refractivity (Wildman–Crippen MR) is 80.2 cm³/mol. The van der Waals surface area contributed by atoms with Crippen molar-refractivity contribution in [1.29, 1.82) is 5.26 Å². The molecule has 4 nitrogen and oxygen atoms in total. The van der Waals surface area contributed by atoms with Gasteiger partial charge >= 0.3 is 0 Å². The third-order valence-electron chi connectivity index (χ3n) is 3.05. The molecule has 0 fully saturated rings. The van der Waals surface area contributed by atoms with Gasteiger partial charge in [0, 0.05) is 18.0 Å². The highest BCUT2D eigenvalue weighted by Gasteiger charge is 2.16. The van der Waals surface area contributed by atoms with E-state index in [-0.39, 0.29) is 0 Å². The maximum Gasteiger partial charge on any atom is 0.223 e. The third kappa shape index (κ3) is 3.33. The van der Waals surface area contributed by atoms with E-state index in [0.717, 1.165) is 17.5 Å². The van der Waals surface area contributed by atoms with Crippen LogP contribution < -0.4 is 5.32 Å². The van der Waals surface area contributed by atoms with Crippen molar-refractivity contribution in [3.63, 3.8) is 0 Å². The van der Waals surface area contributed by atoms with E-state index in [1.807, 2.05) is 0 Å². The lowest BCUT2D eigenvalue weighted by Crippen LogP contribution is -2.29. The molecule has 0 amide bonds. The summed E-state index contributed by atoms with van der Waals surface area (Å²) in [6.07, 6.45) is 4.57. The highest BCUT2D eigenvalue weighted by atomic mass is 15.1. The quantitative estimate of drug-likeness (QED) is 0.921. The standard InChI is InChI=1S/C16H18N4/c1-4-12-5-7-13(8-6-12)14-9-18-15(19-10-14)20-16(2,3)11-17/h5-10H,4H2,1-3H3,(H,18,19,20). The molecule has 2 rings (SSSR count). The first kappa shape index (κ1) is 14.0. The zero-order valence-corrected chi connectivity index (χ0v) is 12.0. The summed E-state index contributed by atoms with van der Waals surface area (Å²) in [5.41, 5.74) is 2.69. The van der Waals surface area contributed by atoms with Gasteiger partial charge in [-0.05, 0) is 31.4 Å². The summed E-state index contributed by atoms with van der Waals surface area (Å²) in [7, 11) is 0. The Morgan fingerprint density at radius 1 is 1.10 bits per heavy atom. The number of aromatic nitrogens is 2. The summed E-state index contributed by atoms with van der Waals surface area (Å²) in [6, 6.07) is 10.5. The molecule has 1 N–H and O–H groups in total. The van der Waals surface area contributed by atoms with E-state index < -0.39 is 5.54 Å². The van der Waals surface area contributed by atoms with Gasteiger partial charge in [-0.2, -0.15) is 5.26 Å². The average Bonchev–Trinajstić information content (AvgIpc) is 2.48. The lowest BCUT2D eigenvalue weighted by Gasteiger charge is -2.17. The maximum atomic E-state index is 8.97. The molecule has 102 valence electrons. The fraction of sp³-hybridized carbons (Fsp3) is 0.312. The summed E-state index contributed by atoms with van der Waals surface area (Å²) < 4.78 is 0. The Balaban J connectivity index is 2.17. The van der Waals surface area contributed by atoms with Crippen LogP contribution in [-0.4, -0.2) is 15.5 Å². The van der Waals surface area contributed by atoms with Crippen LogP contribution in [0.25, 0.3) is 11.1 Å². The number of nitrogens with one attached hydrogen (secondary N) is 1. The molecule has 0 radical (unpaired) electrons. The number of benzene rings is 1. The molecule has 0 saturated carbocycles. The van der Waals surface area contributed by atoms with E-state index in [0.29, 0.717) is 5.95 Å². The van der Waals surface area contributed by atoms with E-state index in [2.05, 4.69) is 52.5 Å². The van der Waals surface area contributed by atoms with Gasteiger partial charge in [-0.15, -0.1) is 0 Å². The molecule has 0 aliphatic carbocycles. The van der Waals surface area contributed by atoms with Gasteiger partial charge in [-0.1, -0.05) is 31.2 Å². The Labute approximate surface area is 119 Å². The zero-order chi connectivity index (χ0) is 14.6.